The third-order valence-corrected chi connectivity index (χ3v) is 3.55. The monoisotopic (exact) mass is 268 g/mol. The average Bonchev–Trinajstić information content (AvgIpc) is 2.73. The molecule has 0 saturated heterocycles. The zero-order valence-corrected chi connectivity index (χ0v) is 11.2. The number of anilines is 2. The van der Waals surface area contributed by atoms with Crippen molar-refractivity contribution in [3.63, 3.8) is 0 Å². The standard InChI is InChI=1S/C16H16N2O2/c1-9-6-7-11(8-10-4-2-3-5-12(10)19)13-14(17)16(18)20-15(9)13/h2-6,8,19H,7,17-18H2,1H3. The minimum Gasteiger partial charge on any atom is -0.507 e. The van der Waals surface area contributed by atoms with Gasteiger partial charge in [-0.1, -0.05) is 24.3 Å². The van der Waals surface area contributed by atoms with E-state index in [1.54, 1.807) is 12.1 Å². The minimum absolute atomic E-state index is 0.239. The van der Waals surface area contributed by atoms with Crippen LogP contribution in [0, 0.1) is 0 Å². The van der Waals surface area contributed by atoms with Gasteiger partial charge in [0.1, 0.15) is 17.2 Å². The Kier molecular flexibility index (Phi) is 2.79. The molecule has 2 aromatic rings. The molecular formula is C16H16N2O2. The van der Waals surface area contributed by atoms with Crippen LogP contribution in [0.15, 0.2) is 34.8 Å². The summed E-state index contributed by atoms with van der Waals surface area (Å²) < 4.78 is 5.53. The Balaban J connectivity index is 2.17. The van der Waals surface area contributed by atoms with Crippen LogP contribution in [0.5, 0.6) is 5.75 Å². The summed E-state index contributed by atoms with van der Waals surface area (Å²) in [4.78, 5) is 0. The molecule has 1 aliphatic carbocycles. The fourth-order valence-corrected chi connectivity index (χ4v) is 2.44. The van der Waals surface area contributed by atoms with Crippen molar-refractivity contribution in [3.8, 4) is 5.75 Å². The number of rotatable bonds is 1. The fraction of sp³-hybridized carbons (Fsp3) is 0.125. The molecule has 4 heteroatoms. The maximum Gasteiger partial charge on any atom is 0.214 e. The molecule has 0 spiro atoms. The molecule has 1 aromatic heterocycles. The van der Waals surface area contributed by atoms with Crippen LogP contribution >= 0.6 is 0 Å². The molecule has 0 bridgehead atoms. The number of phenols is 1. The maximum atomic E-state index is 9.88. The number of furan rings is 1. The maximum absolute atomic E-state index is 9.88. The van der Waals surface area contributed by atoms with Gasteiger partial charge in [-0.15, -0.1) is 0 Å². The Morgan fingerprint density at radius 2 is 2.00 bits per heavy atom. The van der Waals surface area contributed by atoms with E-state index >= 15 is 0 Å². The first-order chi connectivity index (χ1) is 9.58. The van der Waals surface area contributed by atoms with E-state index in [1.165, 1.54) is 0 Å². The number of para-hydroxylation sites is 1. The molecule has 3 rings (SSSR count). The topological polar surface area (TPSA) is 85.4 Å². The van der Waals surface area contributed by atoms with Gasteiger partial charge < -0.3 is 21.0 Å². The van der Waals surface area contributed by atoms with E-state index < -0.39 is 0 Å². The summed E-state index contributed by atoms with van der Waals surface area (Å²) in [5.74, 6) is 1.20. The summed E-state index contributed by atoms with van der Waals surface area (Å²) in [6, 6.07) is 7.18. The first-order valence-electron chi connectivity index (χ1n) is 6.41. The van der Waals surface area contributed by atoms with Crippen LogP contribution < -0.4 is 11.5 Å². The molecule has 0 aliphatic heterocycles. The van der Waals surface area contributed by atoms with Crippen molar-refractivity contribution in [1.29, 1.82) is 0 Å². The summed E-state index contributed by atoms with van der Waals surface area (Å²) in [6.45, 7) is 1.97. The van der Waals surface area contributed by atoms with Gasteiger partial charge in [-0.2, -0.15) is 0 Å². The number of hydrogen-bond acceptors (Lipinski definition) is 4. The number of nitrogen functional groups attached to an aromatic ring is 2. The molecule has 1 aliphatic rings. The predicted molar refractivity (Wildman–Crippen MR) is 81.8 cm³/mol. The molecule has 0 fully saturated rings. The Labute approximate surface area is 117 Å². The third kappa shape index (κ3) is 1.86. The molecule has 102 valence electrons. The van der Waals surface area contributed by atoms with Gasteiger partial charge in [0.25, 0.3) is 0 Å². The van der Waals surface area contributed by atoms with Crippen LogP contribution in [0.3, 0.4) is 0 Å². The molecule has 4 nitrogen and oxygen atoms in total. The van der Waals surface area contributed by atoms with Crippen LogP contribution in [-0.2, 0) is 0 Å². The van der Waals surface area contributed by atoms with Crippen LogP contribution in [0.4, 0.5) is 11.6 Å². The molecular weight excluding hydrogens is 252 g/mol. The highest BCUT2D eigenvalue weighted by Crippen LogP contribution is 2.43. The van der Waals surface area contributed by atoms with E-state index in [-0.39, 0.29) is 11.6 Å². The van der Waals surface area contributed by atoms with Crippen molar-refractivity contribution in [2.75, 3.05) is 11.5 Å². The van der Waals surface area contributed by atoms with Crippen LogP contribution in [0.2, 0.25) is 0 Å². The van der Waals surface area contributed by atoms with Gasteiger partial charge in [0.15, 0.2) is 0 Å². The van der Waals surface area contributed by atoms with Gasteiger partial charge in [0.2, 0.25) is 5.88 Å². The highest BCUT2D eigenvalue weighted by molar-refractivity contribution is 5.97. The molecule has 5 N–H and O–H groups in total. The zero-order chi connectivity index (χ0) is 14.3. The molecule has 0 unspecified atom stereocenters. The minimum atomic E-state index is 0.239. The lowest BCUT2D eigenvalue weighted by atomic mass is 9.91. The van der Waals surface area contributed by atoms with Gasteiger partial charge in [0.05, 0.1) is 0 Å². The molecule has 0 radical (unpaired) electrons. The van der Waals surface area contributed by atoms with Crippen molar-refractivity contribution in [3.05, 3.63) is 47.2 Å². The smallest absolute Gasteiger partial charge is 0.214 e. The van der Waals surface area contributed by atoms with E-state index in [0.29, 0.717) is 11.4 Å². The first kappa shape index (κ1) is 12.4. The summed E-state index contributed by atoms with van der Waals surface area (Å²) in [5, 5.41) is 9.88. The van der Waals surface area contributed by atoms with Gasteiger partial charge in [-0.25, -0.2) is 0 Å². The van der Waals surface area contributed by atoms with Crippen LogP contribution in [0.1, 0.15) is 30.2 Å². The Bertz CT molecular complexity index is 739. The zero-order valence-electron chi connectivity index (χ0n) is 11.2. The van der Waals surface area contributed by atoms with E-state index in [1.807, 2.05) is 25.1 Å². The SMILES string of the molecule is CC1=CCC(=Cc2ccccc2O)c2c1oc(N)c2N. The number of allylic oxidation sites excluding steroid dienone is 3. The lowest BCUT2D eigenvalue weighted by Crippen LogP contribution is -1.98. The van der Waals surface area contributed by atoms with Gasteiger partial charge in [0, 0.05) is 11.1 Å². The number of benzene rings is 1. The van der Waals surface area contributed by atoms with E-state index in [4.69, 9.17) is 15.9 Å². The fourth-order valence-electron chi connectivity index (χ4n) is 2.44. The second-order valence-corrected chi connectivity index (χ2v) is 4.90. The van der Waals surface area contributed by atoms with Crippen molar-refractivity contribution in [1.82, 2.24) is 0 Å². The van der Waals surface area contributed by atoms with Crippen LogP contribution in [-0.4, -0.2) is 5.11 Å². The van der Waals surface area contributed by atoms with Crippen molar-refractivity contribution >= 4 is 28.8 Å². The molecule has 1 aromatic carbocycles. The lowest BCUT2D eigenvalue weighted by molar-refractivity contribution is 0.474. The largest absolute Gasteiger partial charge is 0.507 e. The average molecular weight is 268 g/mol. The van der Waals surface area contributed by atoms with Crippen molar-refractivity contribution in [2.24, 2.45) is 0 Å². The number of fused-ring (bicyclic) bond motifs is 1. The summed E-state index contributed by atoms with van der Waals surface area (Å²) in [5.41, 5.74) is 15.9. The predicted octanol–water partition coefficient (Wildman–Crippen LogP) is 3.50. The number of nitrogens with two attached hydrogens (primary N) is 2. The highest BCUT2D eigenvalue weighted by Gasteiger charge is 2.23. The summed E-state index contributed by atoms with van der Waals surface area (Å²) >= 11 is 0. The van der Waals surface area contributed by atoms with Crippen molar-refractivity contribution in [2.45, 2.75) is 13.3 Å². The number of hydrogen-bond donors (Lipinski definition) is 3. The third-order valence-electron chi connectivity index (χ3n) is 3.55. The van der Waals surface area contributed by atoms with Crippen LogP contribution in [0.25, 0.3) is 17.2 Å². The second kappa shape index (κ2) is 4.49. The Morgan fingerprint density at radius 3 is 2.75 bits per heavy atom. The second-order valence-electron chi connectivity index (χ2n) is 4.90. The highest BCUT2D eigenvalue weighted by atomic mass is 16.4. The Morgan fingerprint density at radius 1 is 1.25 bits per heavy atom. The Hall–Kier alpha value is -2.62. The first-order valence-corrected chi connectivity index (χ1v) is 6.41. The quantitative estimate of drug-likeness (QED) is 0.739. The van der Waals surface area contributed by atoms with E-state index in [9.17, 15) is 5.11 Å². The lowest BCUT2D eigenvalue weighted by Gasteiger charge is -2.13. The molecule has 0 atom stereocenters. The molecule has 0 saturated carbocycles. The summed E-state index contributed by atoms with van der Waals surface area (Å²) in [6.07, 6.45) is 4.72. The van der Waals surface area contributed by atoms with Gasteiger partial charge in [-0.3, -0.25) is 0 Å². The van der Waals surface area contributed by atoms with E-state index in [2.05, 4.69) is 6.08 Å². The molecule has 0 amide bonds. The number of phenolic OH excluding ortho intramolecular Hbond substituents is 1. The molecule has 1 heterocycles. The van der Waals surface area contributed by atoms with Gasteiger partial charge >= 0.3 is 0 Å². The normalized spacial score (nSPS) is 16.1. The van der Waals surface area contributed by atoms with Gasteiger partial charge in [-0.05, 0) is 36.6 Å². The van der Waals surface area contributed by atoms with E-state index in [0.717, 1.165) is 28.7 Å². The molecule has 20 heavy (non-hydrogen) atoms. The summed E-state index contributed by atoms with van der Waals surface area (Å²) in [7, 11) is 0. The number of aromatic hydroxyl groups is 1. The van der Waals surface area contributed by atoms with Crippen molar-refractivity contribution < 1.29 is 9.52 Å².